The first-order valence-electron chi connectivity index (χ1n) is 10.7. The second-order valence-electron chi connectivity index (χ2n) is 7.66. The van der Waals surface area contributed by atoms with Crippen LogP contribution < -0.4 is 9.80 Å². The third-order valence-electron chi connectivity index (χ3n) is 5.78. The Balaban J connectivity index is 1.30. The van der Waals surface area contributed by atoms with Crippen LogP contribution in [0.5, 0.6) is 0 Å². The largest absolute Gasteiger partial charge is 0.338 e. The molecule has 3 heterocycles. The molecule has 0 bridgehead atoms. The van der Waals surface area contributed by atoms with Crippen molar-refractivity contribution in [3.63, 3.8) is 0 Å². The SMILES string of the molecule is CCN1C(=O)N(CCCCN2CCN(c3ncccn3)CC2)S(=O)(=O)c2ccccc21. The van der Waals surface area contributed by atoms with Gasteiger partial charge in [-0.15, -0.1) is 0 Å². The fourth-order valence-corrected chi connectivity index (χ4v) is 5.70. The van der Waals surface area contributed by atoms with E-state index in [9.17, 15) is 13.2 Å². The number of urea groups is 1. The van der Waals surface area contributed by atoms with E-state index in [1.165, 1.54) is 4.90 Å². The molecule has 0 N–H and O–H groups in total. The molecule has 2 aromatic rings. The van der Waals surface area contributed by atoms with Gasteiger partial charge in [-0.3, -0.25) is 9.80 Å². The molecule has 2 aliphatic rings. The normalized spacial score (nSPS) is 18.9. The summed E-state index contributed by atoms with van der Waals surface area (Å²) in [7, 11) is -3.81. The zero-order valence-electron chi connectivity index (χ0n) is 17.7. The van der Waals surface area contributed by atoms with E-state index in [1.54, 1.807) is 36.7 Å². The lowest BCUT2D eigenvalue weighted by molar-refractivity contribution is 0.224. The molecule has 0 unspecified atom stereocenters. The average molecular weight is 445 g/mol. The number of amides is 2. The van der Waals surface area contributed by atoms with Crippen molar-refractivity contribution in [2.75, 3.05) is 55.6 Å². The van der Waals surface area contributed by atoms with Gasteiger partial charge in [0, 0.05) is 51.7 Å². The summed E-state index contributed by atoms with van der Waals surface area (Å²) in [4.78, 5) is 27.7. The Morgan fingerprint density at radius 3 is 2.32 bits per heavy atom. The van der Waals surface area contributed by atoms with Gasteiger partial charge in [-0.05, 0) is 44.5 Å². The Morgan fingerprint density at radius 1 is 0.935 bits per heavy atom. The summed E-state index contributed by atoms with van der Waals surface area (Å²) in [6.07, 6.45) is 4.97. The highest BCUT2D eigenvalue weighted by molar-refractivity contribution is 7.90. The lowest BCUT2D eigenvalue weighted by atomic mass is 10.2. The highest BCUT2D eigenvalue weighted by Gasteiger charge is 2.40. The first-order valence-corrected chi connectivity index (χ1v) is 12.1. The number of aromatic nitrogens is 2. The number of sulfonamides is 1. The summed E-state index contributed by atoms with van der Waals surface area (Å²) in [5.41, 5.74) is 0.464. The molecule has 1 saturated heterocycles. The van der Waals surface area contributed by atoms with E-state index < -0.39 is 16.1 Å². The van der Waals surface area contributed by atoms with Crippen LogP contribution in [-0.2, 0) is 10.0 Å². The number of fused-ring (bicyclic) bond motifs is 1. The minimum Gasteiger partial charge on any atom is -0.338 e. The lowest BCUT2D eigenvalue weighted by Crippen LogP contribution is -2.51. The minimum atomic E-state index is -3.81. The van der Waals surface area contributed by atoms with Crippen LogP contribution in [0.15, 0.2) is 47.6 Å². The van der Waals surface area contributed by atoms with Crippen LogP contribution in [0.4, 0.5) is 16.4 Å². The zero-order valence-corrected chi connectivity index (χ0v) is 18.5. The second-order valence-corrected chi connectivity index (χ2v) is 9.49. The molecule has 31 heavy (non-hydrogen) atoms. The van der Waals surface area contributed by atoms with Gasteiger partial charge in [-0.1, -0.05) is 12.1 Å². The van der Waals surface area contributed by atoms with Crippen molar-refractivity contribution in [2.24, 2.45) is 0 Å². The van der Waals surface area contributed by atoms with Crippen LogP contribution in [0, 0.1) is 0 Å². The highest BCUT2D eigenvalue weighted by Crippen LogP contribution is 2.34. The Kier molecular flexibility index (Phi) is 6.38. The van der Waals surface area contributed by atoms with Crippen molar-refractivity contribution in [1.82, 2.24) is 19.2 Å². The zero-order chi connectivity index (χ0) is 21.8. The predicted octanol–water partition coefficient (Wildman–Crippen LogP) is 2.03. The van der Waals surface area contributed by atoms with Crippen molar-refractivity contribution in [3.05, 3.63) is 42.7 Å². The topological polar surface area (TPSA) is 90.0 Å². The van der Waals surface area contributed by atoms with Gasteiger partial charge in [0.05, 0.1) is 5.69 Å². The molecule has 10 heteroatoms. The van der Waals surface area contributed by atoms with Crippen LogP contribution in [0.2, 0.25) is 0 Å². The van der Waals surface area contributed by atoms with E-state index in [1.807, 2.05) is 13.0 Å². The number of carbonyl (C=O) groups excluding carboxylic acids is 1. The molecule has 0 aliphatic carbocycles. The van der Waals surface area contributed by atoms with Gasteiger partial charge < -0.3 is 4.90 Å². The average Bonchev–Trinajstić information content (AvgIpc) is 2.80. The summed E-state index contributed by atoms with van der Waals surface area (Å²) >= 11 is 0. The standard InChI is InChI=1S/C21H28N6O3S/c1-2-26-18-8-3-4-9-19(18)31(29,30)27(21(26)28)13-6-5-12-24-14-16-25(17-15-24)20-22-10-7-11-23-20/h3-4,7-11H,2,5-6,12-17H2,1H3. The molecule has 2 aliphatic heterocycles. The first kappa shape index (κ1) is 21.5. The van der Waals surface area contributed by atoms with Gasteiger partial charge in [0.2, 0.25) is 5.95 Å². The number of hydrogen-bond donors (Lipinski definition) is 0. The molecular formula is C21H28N6O3S. The van der Waals surface area contributed by atoms with Gasteiger partial charge >= 0.3 is 6.03 Å². The molecule has 1 aromatic carbocycles. The smallest absolute Gasteiger partial charge is 0.338 e. The molecule has 9 nitrogen and oxygen atoms in total. The Labute approximate surface area is 183 Å². The monoisotopic (exact) mass is 444 g/mol. The van der Waals surface area contributed by atoms with Gasteiger partial charge in [0.25, 0.3) is 10.0 Å². The van der Waals surface area contributed by atoms with Gasteiger partial charge in [-0.2, -0.15) is 0 Å². The highest BCUT2D eigenvalue weighted by atomic mass is 32.2. The Bertz CT molecular complexity index is 1010. The number of nitrogens with zero attached hydrogens (tertiary/aromatic N) is 6. The summed E-state index contributed by atoms with van der Waals surface area (Å²) < 4.78 is 27.0. The summed E-state index contributed by atoms with van der Waals surface area (Å²) in [5, 5.41) is 0. The molecule has 0 radical (unpaired) electrons. The number of rotatable bonds is 7. The quantitative estimate of drug-likeness (QED) is 0.604. The third kappa shape index (κ3) is 4.35. The maximum atomic E-state index is 13.0. The van der Waals surface area contributed by atoms with Crippen LogP contribution in [0.25, 0.3) is 0 Å². The van der Waals surface area contributed by atoms with Crippen molar-refractivity contribution in [1.29, 1.82) is 0 Å². The fourth-order valence-electron chi connectivity index (χ4n) is 4.10. The number of anilines is 2. The maximum absolute atomic E-state index is 13.0. The van der Waals surface area contributed by atoms with Crippen molar-refractivity contribution < 1.29 is 13.2 Å². The summed E-state index contributed by atoms with van der Waals surface area (Å²) in [6, 6.07) is 8.06. The second kappa shape index (κ2) is 9.19. The molecule has 0 spiro atoms. The van der Waals surface area contributed by atoms with E-state index in [0.29, 0.717) is 18.7 Å². The molecule has 1 aromatic heterocycles. The minimum absolute atomic E-state index is 0.198. The molecule has 2 amide bonds. The van der Waals surface area contributed by atoms with E-state index in [0.717, 1.165) is 49.4 Å². The van der Waals surface area contributed by atoms with E-state index >= 15 is 0 Å². The third-order valence-corrected chi connectivity index (χ3v) is 7.60. The maximum Gasteiger partial charge on any atom is 0.338 e. The van der Waals surface area contributed by atoms with Crippen molar-refractivity contribution >= 4 is 27.7 Å². The van der Waals surface area contributed by atoms with E-state index in [2.05, 4.69) is 19.8 Å². The molecule has 166 valence electrons. The van der Waals surface area contributed by atoms with Crippen molar-refractivity contribution in [3.8, 4) is 0 Å². The Hall–Kier alpha value is -2.72. The van der Waals surface area contributed by atoms with Crippen LogP contribution in [-0.4, -0.2) is 79.4 Å². The first-order chi connectivity index (χ1) is 15.0. The fraction of sp³-hybridized carbons (Fsp3) is 0.476. The molecule has 0 atom stereocenters. The molecule has 4 rings (SSSR count). The van der Waals surface area contributed by atoms with E-state index in [4.69, 9.17) is 0 Å². The predicted molar refractivity (Wildman–Crippen MR) is 119 cm³/mol. The van der Waals surface area contributed by atoms with Gasteiger partial charge in [0.1, 0.15) is 4.90 Å². The number of piperazine rings is 1. The summed E-state index contributed by atoms with van der Waals surface area (Å²) in [5.74, 6) is 0.761. The number of hydrogen-bond acceptors (Lipinski definition) is 7. The van der Waals surface area contributed by atoms with Crippen molar-refractivity contribution in [2.45, 2.75) is 24.7 Å². The Morgan fingerprint density at radius 2 is 1.61 bits per heavy atom. The van der Waals surface area contributed by atoms with Gasteiger partial charge in [0.15, 0.2) is 0 Å². The number of para-hydroxylation sites is 1. The van der Waals surface area contributed by atoms with Crippen LogP contribution in [0.1, 0.15) is 19.8 Å². The van der Waals surface area contributed by atoms with E-state index in [-0.39, 0.29) is 11.4 Å². The summed E-state index contributed by atoms with van der Waals surface area (Å²) in [6.45, 7) is 6.91. The lowest BCUT2D eigenvalue weighted by Gasteiger charge is -2.36. The molecule has 1 fully saturated rings. The molecular weight excluding hydrogens is 416 g/mol. The van der Waals surface area contributed by atoms with Crippen LogP contribution in [0.3, 0.4) is 0 Å². The number of unbranched alkanes of at least 4 members (excludes halogenated alkanes) is 1. The van der Waals surface area contributed by atoms with Crippen LogP contribution >= 0.6 is 0 Å². The number of benzene rings is 1. The van der Waals surface area contributed by atoms with Gasteiger partial charge in [-0.25, -0.2) is 27.5 Å². The molecule has 0 saturated carbocycles. The number of carbonyl (C=O) groups is 1.